The molecule has 0 bridgehead atoms. The molecule has 3 nitrogen and oxygen atoms in total. The summed E-state index contributed by atoms with van der Waals surface area (Å²) in [6.07, 6.45) is 2.66. The van der Waals surface area contributed by atoms with Crippen LogP contribution >= 0.6 is 0 Å². The third-order valence-electron chi connectivity index (χ3n) is 5.28. The van der Waals surface area contributed by atoms with E-state index in [0.717, 1.165) is 0 Å². The van der Waals surface area contributed by atoms with Crippen LogP contribution in [0.2, 0.25) is 18.1 Å². The Kier molecular flexibility index (Phi) is 4.17. The predicted molar refractivity (Wildman–Crippen MR) is 91.2 cm³/mol. The maximum Gasteiger partial charge on any atom is 0.251 e. The highest BCUT2D eigenvalue weighted by atomic mass is 28.4. The first-order chi connectivity index (χ1) is 10.1. The zero-order chi connectivity index (χ0) is 16.7. The number of hydrogen-bond donors (Lipinski definition) is 0. The molecule has 0 radical (unpaired) electrons. The molecule has 118 valence electrons. The van der Waals surface area contributed by atoms with Gasteiger partial charge in [-0.05, 0) is 42.3 Å². The molecule has 0 N–H and O–H groups in total. The van der Waals surface area contributed by atoms with Crippen LogP contribution in [-0.4, -0.2) is 19.9 Å². The largest absolute Gasteiger partial charge is 0.543 e. The summed E-state index contributed by atoms with van der Waals surface area (Å²) in [6, 6.07) is 5.27. The molecule has 0 atom stereocenters. The van der Waals surface area contributed by atoms with E-state index in [2.05, 4.69) is 40.8 Å². The summed E-state index contributed by atoms with van der Waals surface area (Å²) in [4.78, 5) is 24.2. The molecule has 22 heavy (non-hydrogen) atoms. The van der Waals surface area contributed by atoms with Crippen LogP contribution in [0.25, 0.3) is 0 Å². The highest BCUT2D eigenvalue weighted by molar-refractivity contribution is 6.75. The topological polar surface area (TPSA) is 43.4 Å². The molecule has 1 aromatic rings. The normalized spacial score (nSPS) is 15.2. The summed E-state index contributed by atoms with van der Waals surface area (Å²) in [5.41, 5.74) is 0.854. The number of allylic oxidation sites excluding steroid dienone is 2. The van der Waals surface area contributed by atoms with Crippen molar-refractivity contribution < 1.29 is 14.0 Å². The minimum absolute atomic E-state index is 0.0350. The molecule has 0 unspecified atom stereocenters. The van der Waals surface area contributed by atoms with Gasteiger partial charge in [-0.2, -0.15) is 0 Å². The molecule has 0 spiro atoms. The van der Waals surface area contributed by atoms with Gasteiger partial charge in [0, 0.05) is 5.56 Å². The Hall–Kier alpha value is -1.68. The van der Waals surface area contributed by atoms with E-state index in [0.29, 0.717) is 22.8 Å². The molecule has 0 amide bonds. The molecule has 1 aliphatic rings. The molecular formula is C18H24O3Si. The first-order valence-electron chi connectivity index (χ1n) is 7.66. The van der Waals surface area contributed by atoms with E-state index in [4.69, 9.17) is 4.43 Å². The van der Waals surface area contributed by atoms with E-state index in [1.165, 1.54) is 12.2 Å². The average Bonchev–Trinajstić information content (AvgIpc) is 2.42. The van der Waals surface area contributed by atoms with Gasteiger partial charge in [-0.1, -0.05) is 39.8 Å². The van der Waals surface area contributed by atoms with Crippen molar-refractivity contribution in [2.75, 3.05) is 0 Å². The minimum atomic E-state index is -2.13. The van der Waals surface area contributed by atoms with Gasteiger partial charge in [-0.25, -0.2) is 0 Å². The zero-order valence-corrected chi connectivity index (χ0v) is 15.2. The van der Waals surface area contributed by atoms with E-state index in [9.17, 15) is 9.59 Å². The second-order valence-corrected chi connectivity index (χ2v) is 11.7. The number of ketones is 2. The molecule has 2 rings (SSSR count). The van der Waals surface area contributed by atoms with E-state index in [1.54, 1.807) is 18.2 Å². The lowest BCUT2D eigenvalue weighted by Crippen LogP contribution is -2.48. The van der Waals surface area contributed by atoms with Crippen LogP contribution in [0.5, 0.6) is 5.75 Å². The molecule has 4 heteroatoms. The number of rotatable bonds is 4. The Bertz CT molecular complexity index is 654. The van der Waals surface area contributed by atoms with Crippen LogP contribution in [0, 0.1) is 5.92 Å². The number of carbonyl (C=O) groups is 2. The predicted octanol–water partition coefficient (Wildman–Crippen LogP) is 4.64. The van der Waals surface area contributed by atoms with Crippen molar-refractivity contribution in [3.63, 3.8) is 0 Å². The molecule has 0 heterocycles. The van der Waals surface area contributed by atoms with Gasteiger partial charge in [0.25, 0.3) is 8.32 Å². The molecular weight excluding hydrogens is 292 g/mol. The lowest BCUT2D eigenvalue weighted by atomic mass is 9.94. The molecule has 0 aliphatic heterocycles. The minimum Gasteiger partial charge on any atom is -0.543 e. The first-order valence-corrected chi connectivity index (χ1v) is 10.6. The standard InChI is InChI=1S/C18H24O3Si/c1-12(2)18(3,4)22(5,6)21-16-9-7-8-13-14(19)10-11-15(20)17(13)16/h7-12H,1-6H3. The van der Waals surface area contributed by atoms with Crippen LogP contribution in [0.15, 0.2) is 30.4 Å². The van der Waals surface area contributed by atoms with E-state index in [1.807, 2.05) is 0 Å². The lowest BCUT2D eigenvalue weighted by Gasteiger charge is -2.42. The monoisotopic (exact) mass is 316 g/mol. The quantitative estimate of drug-likeness (QED) is 0.760. The third-order valence-corrected chi connectivity index (χ3v) is 9.70. The van der Waals surface area contributed by atoms with Crippen LogP contribution in [-0.2, 0) is 0 Å². The van der Waals surface area contributed by atoms with Crippen molar-refractivity contribution in [1.82, 2.24) is 0 Å². The van der Waals surface area contributed by atoms with Gasteiger partial charge in [0.2, 0.25) is 0 Å². The van der Waals surface area contributed by atoms with Crippen LogP contribution in [0.3, 0.4) is 0 Å². The Morgan fingerprint density at radius 1 is 1.05 bits per heavy atom. The van der Waals surface area contributed by atoms with Crippen molar-refractivity contribution in [3.8, 4) is 5.75 Å². The second-order valence-electron chi connectivity index (χ2n) is 7.23. The van der Waals surface area contributed by atoms with Crippen LogP contribution in [0.4, 0.5) is 0 Å². The summed E-state index contributed by atoms with van der Waals surface area (Å²) in [5.74, 6) is 0.719. The molecule has 0 saturated heterocycles. The van der Waals surface area contributed by atoms with Crippen molar-refractivity contribution in [2.24, 2.45) is 5.92 Å². The van der Waals surface area contributed by atoms with Crippen molar-refractivity contribution in [3.05, 3.63) is 41.5 Å². The summed E-state index contributed by atoms with van der Waals surface area (Å²) in [5, 5.41) is 0.0350. The number of carbonyl (C=O) groups excluding carboxylic acids is 2. The van der Waals surface area contributed by atoms with Crippen LogP contribution < -0.4 is 4.43 Å². The Morgan fingerprint density at radius 3 is 2.23 bits per heavy atom. The maximum atomic E-state index is 12.2. The molecule has 1 aliphatic carbocycles. The Balaban J connectivity index is 2.47. The van der Waals surface area contributed by atoms with Gasteiger partial charge < -0.3 is 4.43 Å². The van der Waals surface area contributed by atoms with Crippen molar-refractivity contribution in [2.45, 2.75) is 45.8 Å². The van der Waals surface area contributed by atoms with E-state index in [-0.39, 0.29) is 16.6 Å². The van der Waals surface area contributed by atoms with Crippen LogP contribution in [0.1, 0.15) is 48.4 Å². The fraction of sp³-hybridized carbons (Fsp3) is 0.444. The summed E-state index contributed by atoms with van der Waals surface area (Å²) < 4.78 is 6.38. The smallest absolute Gasteiger partial charge is 0.251 e. The molecule has 1 aromatic carbocycles. The van der Waals surface area contributed by atoms with Gasteiger partial charge in [-0.15, -0.1) is 0 Å². The lowest BCUT2D eigenvalue weighted by molar-refractivity contribution is 0.0992. The summed E-state index contributed by atoms with van der Waals surface area (Å²) in [7, 11) is -2.13. The highest BCUT2D eigenvalue weighted by Crippen LogP contribution is 2.45. The molecule has 0 aromatic heterocycles. The Labute approximate surface area is 133 Å². The van der Waals surface area contributed by atoms with Gasteiger partial charge in [-0.3, -0.25) is 9.59 Å². The number of fused-ring (bicyclic) bond motifs is 1. The Morgan fingerprint density at radius 2 is 1.64 bits per heavy atom. The van der Waals surface area contributed by atoms with Gasteiger partial charge in [0.05, 0.1) is 5.56 Å². The van der Waals surface area contributed by atoms with E-state index < -0.39 is 8.32 Å². The van der Waals surface area contributed by atoms with Gasteiger partial charge >= 0.3 is 0 Å². The SMILES string of the molecule is CC(C)C(C)(C)[Si](C)(C)Oc1cccc2c1C(=O)C=CC2=O. The molecule has 0 fully saturated rings. The fourth-order valence-electron chi connectivity index (χ4n) is 2.50. The number of benzene rings is 1. The summed E-state index contributed by atoms with van der Waals surface area (Å²) >= 11 is 0. The third kappa shape index (κ3) is 2.67. The van der Waals surface area contributed by atoms with Gasteiger partial charge in [0.15, 0.2) is 11.6 Å². The van der Waals surface area contributed by atoms with Gasteiger partial charge in [0.1, 0.15) is 5.75 Å². The zero-order valence-electron chi connectivity index (χ0n) is 14.2. The maximum absolute atomic E-state index is 12.2. The van der Waals surface area contributed by atoms with Crippen molar-refractivity contribution >= 4 is 19.9 Å². The fourth-order valence-corrected chi connectivity index (χ4v) is 4.88. The number of hydrogen-bond acceptors (Lipinski definition) is 3. The summed E-state index contributed by atoms with van der Waals surface area (Å²) in [6.45, 7) is 13.1. The first kappa shape index (κ1) is 16.7. The molecule has 0 saturated carbocycles. The highest BCUT2D eigenvalue weighted by Gasteiger charge is 2.45. The van der Waals surface area contributed by atoms with Crippen molar-refractivity contribution in [1.29, 1.82) is 0 Å². The second kappa shape index (κ2) is 5.50. The van der Waals surface area contributed by atoms with E-state index >= 15 is 0 Å². The average molecular weight is 316 g/mol.